The fraction of sp³-hybridized carbons (Fsp3) is 0.231. The Kier molecular flexibility index (Phi) is 3.42. The summed E-state index contributed by atoms with van der Waals surface area (Å²) in [5, 5.41) is 0. The molecule has 2 rings (SSSR count). The fourth-order valence-corrected chi connectivity index (χ4v) is 1.89. The molecule has 19 heavy (non-hydrogen) atoms. The summed E-state index contributed by atoms with van der Waals surface area (Å²) in [5.41, 5.74) is 0.849. The van der Waals surface area contributed by atoms with Gasteiger partial charge in [-0.05, 0) is 6.07 Å². The molecule has 3 nitrogen and oxygen atoms in total. The first-order valence-electron chi connectivity index (χ1n) is 5.57. The number of benzene rings is 1. The van der Waals surface area contributed by atoms with E-state index >= 15 is 0 Å². The average Bonchev–Trinajstić information content (AvgIpc) is 2.60. The molecule has 0 saturated heterocycles. The Balaban J connectivity index is 2.41. The lowest BCUT2D eigenvalue weighted by Crippen LogP contribution is -2.30. The van der Waals surface area contributed by atoms with Crippen LogP contribution in [0.25, 0.3) is 0 Å². The number of amides is 1. The smallest absolute Gasteiger partial charge is 0.303 e. The Bertz CT molecular complexity index is 549. The van der Waals surface area contributed by atoms with Gasteiger partial charge in [0.2, 0.25) is 0 Å². The van der Waals surface area contributed by atoms with E-state index in [1.807, 2.05) is 0 Å². The topological polar surface area (TPSA) is 32.7 Å². The van der Waals surface area contributed by atoms with E-state index in [4.69, 9.17) is 0 Å². The summed E-state index contributed by atoms with van der Waals surface area (Å²) in [7, 11) is 0. The third-order valence-electron chi connectivity index (χ3n) is 2.63. The lowest BCUT2D eigenvalue weighted by molar-refractivity contribution is -0.118. The van der Waals surface area contributed by atoms with Crippen LogP contribution in [0.3, 0.4) is 0 Å². The summed E-state index contributed by atoms with van der Waals surface area (Å²) in [5.74, 6) is -0.523. The van der Waals surface area contributed by atoms with Crippen LogP contribution in [-0.2, 0) is 4.79 Å². The third-order valence-corrected chi connectivity index (χ3v) is 2.63. The SMILES string of the molecule is C=CCN1C(=O)C(=NCC(F)(F)F)c2ccccc21. The minimum atomic E-state index is -4.42. The highest BCUT2D eigenvalue weighted by Gasteiger charge is 2.34. The molecular weight excluding hydrogens is 257 g/mol. The number of fused-ring (bicyclic) bond motifs is 1. The maximum absolute atomic E-state index is 12.2. The molecule has 0 aromatic heterocycles. The van der Waals surface area contributed by atoms with Gasteiger partial charge in [-0.1, -0.05) is 24.3 Å². The maximum Gasteiger partial charge on any atom is 0.407 e. The normalized spacial score (nSPS) is 16.9. The zero-order valence-corrected chi connectivity index (χ0v) is 9.94. The lowest BCUT2D eigenvalue weighted by atomic mass is 10.1. The number of anilines is 1. The highest BCUT2D eigenvalue weighted by molar-refractivity contribution is 6.54. The summed E-state index contributed by atoms with van der Waals surface area (Å²) in [4.78, 5) is 16.8. The lowest BCUT2D eigenvalue weighted by Gasteiger charge is -2.13. The van der Waals surface area contributed by atoms with Crippen molar-refractivity contribution in [1.29, 1.82) is 0 Å². The number of hydrogen-bond acceptors (Lipinski definition) is 2. The Hall–Kier alpha value is -2.11. The molecule has 0 atom stereocenters. The van der Waals surface area contributed by atoms with Crippen LogP contribution < -0.4 is 4.90 Å². The van der Waals surface area contributed by atoms with Crippen molar-refractivity contribution < 1.29 is 18.0 Å². The van der Waals surface area contributed by atoms with Crippen LogP contribution in [0.5, 0.6) is 0 Å². The maximum atomic E-state index is 12.2. The van der Waals surface area contributed by atoms with Crippen molar-refractivity contribution in [2.45, 2.75) is 6.18 Å². The fourth-order valence-electron chi connectivity index (χ4n) is 1.89. The highest BCUT2D eigenvalue weighted by Crippen LogP contribution is 2.29. The Morgan fingerprint density at radius 3 is 2.63 bits per heavy atom. The summed E-state index contributed by atoms with van der Waals surface area (Å²) in [6.45, 7) is 2.41. The second-order valence-electron chi connectivity index (χ2n) is 4.00. The van der Waals surface area contributed by atoms with E-state index in [0.29, 0.717) is 11.3 Å². The summed E-state index contributed by atoms with van der Waals surface area (Å²) in [6.07, 6.45) is -2.91. The molecule has 0 saturated carbocycles. The van der Waals surface area contributed by atoms with E-state index in [-0.39, 0.29) is 12.3 Å². The van der Waals surface area contributed by atoms with E-state index in [9.17, 15) is 18.0 Å². The predicted molar refractivity (Wildman–Crippen MR) is 66.5 cm³/mol. The zero-order valence-electron chi connectivity index (χ0n) is 9.94. The van der Waals surface area contributed by atoms with Gasteiger partial charge in [-0.2, -0.15) is 13.2 Å². The number of carbonyl (C=O) groups is 1. The van der Waals surface area contributed by atoms with E-state index in [1.54, 1.807) is 24.3 Å². The van der Waals surface area contributed by atoms with E-state index in [1.165, 1.54) is 11.0 Å². The number of rotatable bonds is 3. The van der Waals surface area contributed by atoms with Gasteiger partial charge in [-0.25, -0.2) is 0 Å². The summed E-state index contributed by atoms with van der Waals surface area (Å²) in [6, 6.07) is 6.64. The third kappa shape index (κ3) is 2.67. The van der Waals surface area contributed by atoms with Gasteiger partial charge in [-0.3, -0.25) is 9.79 Å². The number of aliphatic imine (C=N–C) groups is 1. The van der Waals surface area contributed by atoms with Crippen LogP contribution in [0, 0.1) is 0 Å². The van der Waals surface area contributed by atoms with Crippen molar-refractivity contribution in [2.24, 2.45) is 4.99 Å². The monoisotopic (exact) mass is 268 g/mol. The minimum Gasteiger partial charge on any atom is -0.303 e. The molecule has 0 unspecified atom stereocenters. The molecule has 0 bridgehead atoms. The average molecular weight is 268 g/mol. The summed E-state index contributed by atoms with van der Waals surface area (Å²) < 4.78 is 36.6. The van der Waals surface area contributed by atoms with Crippen LogP contribution in [0.4, 0.5) is 18.9 Å². The number of halogens is 3. The van der Waals surface area contributed by atoms with Gasteiger partial charge >= 0.3 is 6.18 Å². The van der Waals surface area contributed by atoms with Crippen molar-refractivity contribution in [3.63, 3.8) is 0 Å². The Morgan fingerprint density at radius 2 is 2.00 bits per heavy atom. The van der Waals surface area contributed by atoms with Gasteiger partial charge in [0.1, 0.15) is 12.3 Å². The second-order valence-corrected chi connectivity index (χ2v) is 4.00. The van der Waals surface area contributed by atoms with E-state index < -0.39 is 18.6 Å². The molecule has 1 amide bonds. The number of alkyl halides is 3. The zero-order chi connectivity index (χ0) is 14.0. The van der Waals surface area contributed by atoms with Crippen LogP contribution in [-0.4, -0.2) is 30.9 Å². The predicted octanol–water partition coefficient (Wildman–Crippen LogP) is 2.57. The molecule has 1 aromatic rings. The Labute approximate surface area is 108 Å². The molecule has 100 valence electrons. The van der Waals surface area contributed by atoms with Gasteiger partial charge in [0.05, 0.1) is 5.69 Å². The molecule has 0 spiro atoms. The minimum absolute atomic E-state index is 0.144. The van der Waals surface area contributed by atoms with Crippen molar-refractivity contribution in [3.8, 4) is 0 Å². The Morgan fingerprint density at radius 1 is 1.32 bits per heavy atom. The van der Waals surface area contributed by atoms with Crippen molar-refractivity contribution in [3.05, 3.63) is 42.5 Å². The molecule has 1 aliphatic rings. The molecule has 6 heteroatoms. The van der Waals surface area contributed by atoms with Crippen molar-refractivity contribution in [1.82, 2.24) is 0 Å². The first-order chi connectivity index (χ1) is 8.94. The number of para-hydroxylation sites is 1. The molecule has 1 aromatic carbocycles. The van der Waals surface area contributed by atoms with E-state index in [2.05, 4.69) is 11.6 Å². The van der Waals surface area contributed by atoms with Crippen LogP contribution in [0.2, 0.25) is 0 Å². The molecule has 1 heterocycles. The first kappa shape index (κ1) is 13.3. The van der Waals surface area contributed by atoms with Gasteiger partial charge in [0.15, 0.2) is 0 Å². The summed E-state index contributed by atoms with van der Waals surface area (Å²) >= 11 is 0. The molecule has 0 radical (unpaired) electrons. The quantitative estimate of drug-likeness (QED) is 0.775. The van der Waals surface area contributed by atoms with E-state index in [0.717, 1.165) is 0 Å². The molecule has 0 fully saturated rings. The molecule has 0 aliphatic carbocycles. The van der Waals surface area contributed by atoms with Gasteiger partial charge in [0, 0.05) is 12.1 Å². The molecular formula is C13H11F3N2O. The van der Waals surface area contributed by atoms with Crippen molar-refractivity contribution in [2.75, 3.05) is 18.0 Å². The van der Waals surface area contributed by atoms with Crippen molar-refractivity contribution >= 4 is 17.3 Å². The largest absolute Gasteiger partial charge is 0.407 e. The molecule has 0 N–H and O–H groups in total. The van der Waals surface area contributed by atoms with Gasteiger partial charge < -0.3 is 4.90 Å². The van der Waals surface area contributed by atoms with Crippen LogP contribution >= 0.6 is 0 Å². The van der Waals surface area contributed by atoms with Gasteiger partial charge in [0.25, 0.3) is 5.91 Å². The second kappa shape index (κ2) is 4.87. The van der Waals surface area contributed by atoms with Crippen LogP contribution in [0.15, 0.2) is 41.9 Å². The van der Waals surface area contributed by atoms with Crippen LogP contribution in [0.1, 0.15) is 5.56 Å². The standard InChI is InChI=1S/C13H11F3N2O/c1-2-7-18-10-6-4-3-5-9(10)11(12(18)19)17-8-13(14,15)16/h2-6H,1,7-8H2. The number of hydrogen-bond donors (Lipinski definition) is 0. The van der Waals surface area contributed by atoms with Gasteiger partial charge in [-0.15, -0.1) is 6.58 Å². The highest BCUT2D eigenvalue weighted by atomic mass is 19.4. The number of carbonyl (C=O) groups excluding carboxylic acids is 1. The molecule has 1 aliphatic heterocycles. The first-order valence-corrected chi connectivity index (χ1v) is 5.57. The number of nitrogens with zero attached hydrogens (tertiary/aromatic N) is 2.